The van der Waals surface area contributed by atoms with Gasteiger partial charge in [0.15, 0.2) is 11.8 Å². The van der Waals surface area contributed by atoms with Crippen LogP contribution in [0.25, 0.3) is 5.65 Å². The molecule has 160 valence electrons. The van der Waals surface area contributed by atoms with E-state index in [9.17, 15) is 0 Å². The van der Waals surface area contributed by atoms with Gasteiger partial charge in [-0.3, -0.25) is 9.39 Å². The zero-order valence-corrected chi connectivity index (χ0v) is 19.3. The minimum absolute atomic E-state index is 0. The number of guanidine groups is 1. The number of rotatable bonds is 5. The second-order valence-corrected chi connectivity index (χ2v) is 7.75. The Bertz CT molecular complexity index is 984. The summed E-state index contributed by atoms with van der Waals surface area (Å²) in [7, 11) is 0. The lowest BCUT2D eigenvalue weighted by Gasteiger charge is -2.41. The van der Waals surface area contributed by atoms with Crippen molar-refractivity contribution in [1.82, 2.24) is 29.8 Å². The number of fused-ring (bicyclic) bond motifs is 1. The molecule has 3 aromatic rings. The third-order valence-electron chi connectivity index (χ3n) is 5.51. The van der Waals surface area contributed by atoms with E-state index in [0.29, 0.717) is 6.04 Å². The fourth-order valence-corrected chi connectivity index (χ4v) is 3.79. The van der Waals surface area contributed by atoms with Gasteiger partial charge in [0.05, 0.1) is 6.26 Å². The summed E-state index contributed by atoms with van der Waals surface area (Å²) in [5.41, 5.74) is 0.802. The number of nitrogens with one attached hydrogen (secondary N) is 1. The number of piperazine rings is 1. The van der Waals surface area contributed by atoms with Crippen molar-refractivity contribution in [3.63, 3.8) is 0 Å². The summed E-state index contributed by atoms with van der Waals surface area (Å²) in [5.74, 6) is 2.88. The van der Waals surface area contributed by atoms with Crippen molar-refractivity contribution in [2.24, 2.45) is 4.99 Å². The Labute approximate surface area is 192 Å². The Morgan fingerprint density at radius 2 is 2.23 bits per heavy atom. The first-order valence-corrected chi connectivity index (χ1v) is 10.3. The zero-order valence-electron chi connectivity index (χ0n) is 17.0. The predicted octanol–water partition coefficient (Wildman–Crippen LogP) is 2.20. The van der Waals surface area contributed by atoms with Gasteiger partial charge in [-0.15, -0.1) is 34.2 Å². The maximum absolute atomic E-state index is 5.43. The zero-order chi connectivity index (χ0) is 19.6. The molecule has 1 atom stereocenters. The molecular weight excluding hydrogens is 495 g/mol. The monoisotopic (exact) mass is 522 g/mol. The molecule has 3 aromatic heterocycles. The molecule has 0 bridgehead atoms. The Kier molecular flexibility index (Phi) is 6.40. The molecule has 0 amide bonds. The fraction of sp³-hybridized carbons (Fsp3) is 0.500. The normalized spacial score (nSPS) is 19.8. The van der Waals surface area contributed by atoms with Crippen LogP contribution in [0.5, 0.6) is 0 Å². The van der Waals surface area contributed by atoms with Gasteiger partial charge in [0.2, 0.25) is 5.65 Å². The summed E-state index contributed by atoms with van der Waals surface area (Å²) in [5, 5.41) is 11.9. The first kappa shape index (κ1) is 20.9. The number of nitrogens with zero attached hydrogens (tertiary/aromatic N) is 7. The molecule has 30 heavy (non-hydrogen) atoms. The summed E-state index contributed by atoms with van der Waals surface area (Å²) >= 11 is 0. The number of aliphatic imine (C=N–C) groups is 1. The van der Waals surface area contributed by atoms with Crippen LogP contribution in [0.3, 0.4) is 0 Å². The van der Waals surface area contributed by atoms with Gasteiger partial charge in [0.25, 0.3) is 0 Å². The number of anilines is 1. The molecule has 0 aromatic carbocycles. The van der Waals surface area contributed by atoms with Crippen LogP contribution in [0.2, 0.25) is 0 Å². The Morgan fingerprint density at radius 3 is 3.00 bits per heavy atom. The molecule has 1 N–H and O–H groups in total. The van der Waals surface area contributed by atoms with Gasteiger partial charge < -0.3 is 19.5 Å². The largest absolute Gasteiger partial charge is 0.469 e. The average Bonchev–Trinajstić information content (AvgIpc) is 3.18. The van der Waals surface area contributed by atoms with Gasteiger partial charge in [-0.2, -0.15) is 0 Å². The van der Waals surface area contributed by atoms with Crippen molar-refractivity contribution in [3.8, 4) is 0 Å². The molecular formula is C20H27IN8O. The molecule has 1 saturated heterocycles. The molecule has 4 heterocycles. The van der Waals surface area contributed by atoms with E-state index in [1.54, 1.807) is 18.8 Å². The molecule has 1 unspecified atom stereocenters. The van der Waals surface area contributed by atoms with Crippen LogP contribution in [0.4, 0.5) is 5.82 Å². The minimum Gasteiger partial charge on any atom is -0.469 e. The number of hydrogen-bond acceptors (Lipinski definition) is 6. The Morgan fingerprint density at radius 1 is 1.33 bits per heavy atom. The molecule has 10 heteroatoms. The van der Waals surface area contributed by atoms with Gasteiger partial charge >= 0.3 is 0 Å². The molecule has 0 radical (unpaired) electrons. The standard InChI is InChI=1S/C20H26N8O.HI/c1-15-13-26(10-11-28(15)18-19-25-23-14-27(19)9-8-21-18)20(24-16-4-5-16)22-7-6-17-3-2-12-29-17;/h2-3,8-9,12,14-16H,4-7,10-11,13H2,1H3,(H,22,24);1H. The van der Waals surface area contributed by atoms with Crippen LogP contribution in [-0.2, 0) is 6.42 Å². The van der Waals surface area contributed by atoms with Crippen LogP contribution in [0.15, 0.2) is 46.5 Å². The molecule has 0 spiro atoms. The lowest BCUT2D eigenvalue weighted by Crippen LogP contribution is -2.57. The second kappa shape index (κ2) is 9.19. The van der Waals surface area contributed by atoms with Gasteiger partial charge in [0.1, 0.15) is 12.1 Å². The first-order chi connectivity index (χ1) is 14.3. The van der Waals surface area contributed by atoms with Gasteiger partial charge in [0, 0.05) is 57.1 Å². The van der Waals surface area contributed by atoms with E-state index in [-0.39, 0.29) is 30.0 Å². The predicted molar refractivity (Wildman–Crippen MR) is 125 cm³/mol. The van der Waals surface area contributed by atoms with Crippen molar-refractivity contribution in [3.05, 3.63) is 42.9 Å². The third-order valence-corrected chi connectivity index (χ3v) is 5.51. The summed E-state index contributed by atoms with van der Waals surface area (Å²) < 4.78 is 7.35. The molecule has 9 nitrogen and oxygen atoms in total. The second-order valence-electron chi connectivity index (χ2n) is 7.75. The quantitative estimate of drug-likeness (QED) is 0.313. The molecule has 5 rings (SSSR count). The van der Waals surface area contributed by atoms with Crippen molar-refractivity contribution in [1.29, 1.82) is 0 Å². The van der Waals surface area contributed by atoms with Crippen LogP contribution < -0.4 is 10.2 Å². The summed E-state index contributed by atoms with van der Waals surface area (Å²) in [6, 6.07) is 4.78. The van der Waals surface area contributed by atoms with E-state index >= 15 is 0 Å². The van der Waals surface area contributed by atoms with Gasteiger partial charge in [-0.1, -0.05) is 0 Å². The number of hydrogen-bond donors (Lipinski definition) is 1. The van der Waals surface area contributed by atoms with Gasteiger partial charge in [-0.25, -0.2) is 4.98 Å². The number of aromatic nitrogens is 4. The number of halogens is 1. The minimum atomic E-state index is 0. The van der Waals surface area contributed by atoms with Crippen molar-refractivity contribution >= 4 is 41.4 Å². The van der Waals surface area contributed by atoms with E-state index < -0.39 is 0 Å². The van der Waals surface area contributed by atoms with E-state index in [4.69, 9.17) is 9.41 Å². The highest BCUT2D eigenvalue weighted by atomic mass is 127. The Balaban J connectivity index is 0.00000218. The van der Waals surface area contributed by atoms with Crippen LogP contribution in [0, 0.1) is 0 Å². The van der Waals surface area contributed by atoms with E-state index in [0.717, 1.165) is 55.8 Å². The lowest BCUT2D eigenvalue weighted by molar-refractivity contribution is 0.326. The van der Waals surface area contributed by atoms with Crippen molar-refractivity contribution in [2.45, 2.75) is 38.3 Å². The molecule has 1 aliphatic carbocycles. The number of furan rings is 1. The topological polar surface area (TPSA) is 87.1 Å². The Hall–Kier alpha value is -2.37. The summed E-state index contributed by atoms with van der Waals surface area (Å²) in [4.78, 5) is 14.2. The molecule has 1 aliphatic heterocycles. The fourth-order valence-electron chi connectivity index (χ4n) is 3.79. The van der Waals surface area contributed by atoms with Crippen molar-refractivity contribution in [2.75, 3.05) is 31.1 Å². The summed E-state index contributed by atoms with van der Waals surface area (Å²) in [6.07, 6.45) is 10.4. The molecule has 2 fully saturated rings. The molecule has 1 saturated carbocycles. The van der Waals surface area contributed by atoms with Crippen LogP contribution in [0.1, 0.15) is 25.5 Å². The van der Waals surface area contributed by atoms with E-state index in [2.05, 4.69) is 37.2 Å². The van der Waals surface area contributed by atoms with Gasteiger partial charge in [-0.05, 0) is 31.9 Å². The van der Waals surface area contributed by atoms with Crippen LogP contribution in [-0.4, -0.2) is 68.7 Å². The van der Waals surface area contributed by atoms with Crippen LogP contribution >= 0.6 is 24.0 Å². The van der Waals surface area contributed by atoms with Crippen molar-refractivity contribution < 1.29 is 4.42 Å². The highest BCUT2D eigenvalue weighted by molar-refractivity contribution is 14.0. The summed E-state index contributed by atoms with van der Waals surface area (Å²) in [6.45, 7) is 5.59. The highest BCUT2D eigenvalue weighted by Gasteiger charge is 2.31. The SMILES string of the molecule is CC1CN(C(=NCCc2ccco2)NC2CC2)CCN1c1nccn2cnnc12.I. The van der Waals surface area contributed by atoms with E-state index in [1.807, 2.05) is 22.7 Å². The smallest absolute Gasteiger partial charge is 0.203 e. The average molecular weight is 522 g/mol. The highest BCUT2D eigenvalue weighted by Crippen LogP contribution is 2.23. The third kappa shape index (κ3) is 4.52. The first-order valence-electron chi connectivity index (χ1n) is 10.3. The molecule has 2 aliphatic rings. The maximum atomic E-state index is 5.43. The van der Waals surface area contributed by atoms with E-state index in [1.165, 1.54) is 12.8 Å². The lowest BCUT2D eigenvalue weighted by atomic mass is 10.2. The maximum Gasteiger partial charge on any atom is 0.203 e.